The Hall–Kier alpha value is -0.540. The normalized spacial score (nSPS) is 12.6. The lowest BCUT2D eigenvalue weighted by molar-refractivity contribution is 0.200. The van der Waals surface area contributed by atoms with E-state index in [9.17, 15) is 5.11 Å². The zero-order valence-corrected chi connectivity index (χ0v) is 9.34. The Morgan fingerprint density at radius 1 is 1.54 bits per heavy atom. The number of halogens is 1. The molecular weight excluding hydrogens is 232 g/mol. The molecule has 1 atom stereocenters. The van der Waals surface area contributed by atoms with Crippen molar-refractivity contribution in [3.05, 3.63) is 29.3 Å². The van der Waals surface area contributed by atoms with Gasteiger partial charge in [0.2, 0.25) is 0 Å². The van der Waals surface area contributed by atoms with Crippen molar-refractivity contribution in [1.29, 1.82) is 0 Å². The molecule has 0 saturated carbocycles. The number of ether oxygens (including phenoxy) is 1. The maximum atomic E-state index is 9.64. The summed E-state index contributed by atoms with van der Waals surface area (Å²) in [5.41, 5.74) is 1.95. The van der Waals surface area contributed by atoms with Crippen LogP contribution in [0.4, 0.5) is 0 Å². The molecule has 0 amide bonds. The van der Waals surface area contributed by atoms with E-state index in [0.29, 0.717) is 5.33 Å². The van der Waals surface area contributed by atoms with Gasteiger partial charge >= 0.3 is 0 Å². The van der Waals surface area contributed by atoms with Crippen molar-refractivity contribution >= 4 is 15.9 Å². The van der Waals surface area contributed by atoms with Crippen molar-refractivity contribution in [3.8, 4) is 5.75 Å². The fourth-order valence-electron chi connectivity index (χ4n) is 1.20. The largest absolute Gasteiger partial charge is 0.496 e. The van der Waals surface area contributed by atoms with Crippen molar-refractivity contribution in [2.45, 2.75) is 13.0 Å². The van der Waals surface area contributed by atoms with Gasteiger partial charge in [-0.25, -0.2) is 0 Å². The van der Waals surface area contributed by atoms with Gasteiger partial charge in [0.15, 0.2) is 0 Å². The SMILES string of the molecule is COc1ccc(C)cc1[C@H](O)CBr. The molecule has 2 nitrogen and oxygen atoms in total. The second-order valence-corrected chi connectivity index (χ2v) is 3.56. The summed E-state index contributed by atoms with van der Waals surface area (Å²) in [6, 6.07) is 5.77. The van der Waals surface area contributed by atoms with Crippen molar-refractivity contribution < 1.29 is 9.84 Å². The Labute approximate surface area is 86.7 Å². The maximum Gasteiger partial charge on any atom is 0.124 e. The van der Waals surface area contributed by atoms with E-state index in [1.807, 2.05) is 25.1 Å². The fourth-order valence-corrected chi connectivity index (χ4v) is 1.55. The van der Waals surface area contributed by atoms with Crippen LogP contribution in [0.2, 0.25) is 0 Å². The molecular formula is C10H13BrO2. The van der Waals surface area contributed by atoms with E-state index >= 15 is 0 Å². The summed E-state index contributed by atoms with van der Waals surface area (Å²) in [4.78, 5) is 0. The van der Waals surface area contributed by atoms with Gasteiger partial charge in [0.1, 0.15) is 5.75 Å². The number of aliphatic hydroxyl groups is 1. The summed E-state index contributed by atoms with van der Waals surface area (Å²) in [5.74, 6) is 0.734. The van der Waals surface area contributed by atoms with Crippen LogP contribution in [0.5, 0.6) is 5.75 Å². The highest BCUT2D eigenvalue weighted by atomic mass is 79.9. The topological polar surface area (TPSA) is 29.5 Å². The van der Waals surface area contributed by atoms with E-state index in [-0.39, 0.29) is 0 Å². The Morgan fingerprint density at radius 2 is 2.23 bits per heavy atom. The molecule has 72 valence electrons. The van der Waals surface area contributed by atoms with Crippen LogP contribution in [0.15, 0.2) is 18.2 Å². The average Bonchev–Trinajstić information content (AvgIpc) is 2.16. The second-order valence-electron chi connectivity index (χ2n) is 2.92. The van der Waals surface area contributed by atoms with E-state index in [0.717, 1.165) is 16.9 Å². The number of methoxy groups -OCH3 is 1. The molecule has 0 fully saturated rings. The third-order valence-corrected chi connectivity index (χ3v) is 2.50. The first-order valence-corrected chi connectivity index (χ1v) is 5.19. The lowest BCUT2D eigenvalue weighted by atomic mass is 10.1. The van der Waals surface area contributed by atoms with Crippen LogP contribution < -0.4 is 4.74 Å². The summed E-state index contributed by atoms with van der Waals surface area (Å²) in [7, 11) is 1.61. The van der Waals surface area contributed by atoms with Gasteiger partial charge in [-0.3, -0.25) is 0 Å². The van der Waals surface area contributed by atoms with Crippen molar-refractivity contribution in [2.75, 3.05) is 12.4 Å². The van der Waals surface area contributed by atoms with Crippen LogP contribution in [-0.2, 0) is 0 Å². The zero-order valence-electron chi connectivity index (χ0n) is 7.75. The van der Waals surface area contributed by atoms with Gasteiger partial charge in [0.05, 0.1) is 13.2 Å². The predicted molar refractivity (Wildman–Crippen MR) is 56.5 cm³/mol. The van der Waals surface area contributed by atoms with E-state index in [1.54, 1.807) is 7.11 Å². The van der Waals surface area contributed by atoms with Crippen LogP contribution in [-0.4, -0.2) is 17.5 Å². The Morgan fingerprint density at radius 3 is 2.77 bits per heavy atom. The third kappa shape index (κ3) is 2.45. The fraction of sp³-hybridized carbons (Fsp3) is 0.400. The number of hydrogen-bond donors (Lipinski definition) is 1. The highest BCUT2D eigenvalue weighted by Gasteiger charge is 2.11. The monoisotopic (exact) mass is 244 g/mol. The molecule has 0 aliphatic heterocycles. The summed E-state index contributed by atoms with van der Waals surface area (Å²) in [6.07, 6.45) is -0.505. The average molecular weight is 245 g/mol. The summed E-state index contributed by atoms with van der Waals surface area (Å²) >= 11 is 3.23. The predicted octanol–water partition coefficient (Wildman–Crippen LogP) is 2.43. The molecule has 0 aliphatic carbocycles. The molecule has 1 aromatic rings. The van der Waals surface area contributed by atoms with E-state index in [2.05, 4.69) is 15.9 Å². The van der Waals surface area contributed by atoms with Crippen molar-refractivity contribution in [2.24, 2.45) is 0 Å². The minimum absolute atomic E-state index is 0.505. The van der Waals surface area contributed by atoms with Crippen LogP contribution in [0, 0.1) is 6.92 Å². The first-order chi connectivity index (χ1) is 6.19. The third-order valence-electron chi connectivity index (χ3n) is 1.89. The van der Waals surface area contributed by atoms with Crippen LogP contribution in [0.3, 0.4) is 0 Å². The van der Waals surface area contributed by atoms with E-state index < -0.39 is 6.10 Å². The number of alkyl halides is 1. The Kier molecular flexibility index (Phi) is 3.75. The number of hydrogen-bond acceptors (Lipinski definition) is 2. The lowest BCUT2D eigenvalue weighted by Crippen LogP contribution is -2.01. The molecule has 3 heteroatoms. The minimum Gasteiger partial charge on any atom is -0.496 e. The van der Waals surface area contributed by atoms with Gasteiger partial charge in [-0.2, -0.15) is 0 Å². The molecule has 0 aromatic heterocycles. The number of aryl methyl sites for hydroxylation is 1. The standard InChI is InChI=1S/C10H13BrO2/c1-7-3-4-10(13-2)8(5-7)9(12)6-11/h3-5,9,12H,6H2,1-2H3/t9-/m1/s1. The van der Waals surface area contributed by atoms with Gasteiger partial charge in [-0.15, -0.1) is 0 Å². The molecule has 0 aliphatic rings. The maximum absolute atomic E-state index is 9.64. The molecule has 1 N–H and O–H groups in total. The Bertz CT molecular complexity index is 286. The van der Waals surface area contributed by atoms with Crippen LogP contribution in [0.1, 0.15) is 17.2 Å². The molecule has 1 rings (SSSR count). The number of benzene rings is 1. The zero-order chi connectivity index (χ0) is 9.84. The van der Waals surface area contributed by atoms with Gasteiger partial charge in [-0.05, 0) is 19.1 Å². The lowest BCUT2D eigenvalue weighted by Gasteiger charge is -2.12. The highest BCUT2D eigenvalue weighted by Crippen LogP contribution is 2.27. The summed E-state index contributed by atoms with van der Waals surface area (Å²) in [5, 5.41) is 10.2. The Balaban J connectivity index is 3.07. The quantitative estimate of drug-likeness (QED) is 0.828. The smallest absolute Gasteiger partial charge is 0.124 e. The van der Waals surface area contributed by atoms with Gasteiger partial charge in [-0.1, -0.05) is 27.6 Å². The van der Waals surface area contributed by atoms with Gasteiger partial charge in [0, 0.05) is 10.9 Å². The van der Waals surface area contributed by atoms with Crippen molar-refractivity contribution in [3.63, 3.8) is 0 Å². The molecule has 0 heterocycles. The summed E-state index contributed by atoms with van der Waals surface area (Å²) in [6.45, 7) is 1.99. The van der Waals surface area contributed by atoms with Crippen LogP contribution in [0.25, 0.3) is 0 Å². The van der Waals surface area contributed by atoms with E-state index in [1.165, 1.54) is 0 Å². The van der Waals surface area contributed by atoms with E-state index in [4.69, 9.17) is 4.74 Å². The molecule has 0 bridgehead atoms. The highest BCUT2D eigenvalue weighted by molar-refractivity contribution is 9.09. The number of aliphatic hydroxyl groups excluding tert-OH is 1. The van der Waals surface area contributed by atoms with Crippen molar-refractivity contribution in [1.82, 2.24) is 0 Å². The number of rotatable bonds is 3. The molecule has 0 unspecified atom stereocenters. The molecule has 0 radical (unpaired) electrons. The van der Waals surface area contributed by atoms with Crippen LogP contribution >= 0.6 is 15.9 Å². The first-order valence-electron chi connectivity index (χ1n) is 4.07. The van der Waals surface area contributed by atoms with Gasteiger partial charge in [0.25, 0.3) is 0 Å². The minimum atomic E-state index is -0.505. The summed E-state index contributed by atoms with van der Waals surface area (Å²) < 4.78 is 5.14. The molecule has 13 heavy (non-hydrogen) atoms. The molecule has 1 aromatic carbocycles. The van der Waals surface area contributed by atoms with Gasteiger partial charge < -0.3 is 9.84 Å². The second kappa shape index (κ2) is 4.63. The first kappa shape index (κ1) is 10.5. The molecule has 0 spiro atoms. The molecule has 0 saturated heterocycles.